The Kier molecular flexibility index (Phi) is 4.80. The summed E-state index contributed by atoms with van der Waals surface area (Å²) in [7, 11) is 0. The van der Waals surface area contributed by atoms with Gasteiger partial charge in [0.1, 0.15) is 5.75 Å². The Hall–Kier alpha value is -1.55. The van der Waals surface area contributed by atoms with E-state index in [0.717, 1.165) is 31.4 Å². The average Bonchev–Trinajstić information content (AvgIpc) is 2.42. The molecule has 0 aromatic heterocycles. The number of ether oxygens (including phenoxy) is 1. The van der Waals surface area contributed by atoms with Crippen molar-refractivity contribution >= 4 is 5.91 Å². The lowest BCUT2D eigenvalue weighted by Gasteiger charge is -2.22. The van der Waals surface area contributed by atoms with Gasteiger partial charge in [-0.1, -0.05) is 11.6 Å². The van der Waals surface area contributed by atoms with E-state index in [1.165, 1.54) is 6.42 Å². The van der Waals surface area contributed by atoms with Gasteiger partial charge in [-0.15, -0.1) is 0 Å². The highest BCUT2D eigenvalue weighted by Crippen LogP contribution is 2.18. The van der Waals surface area contributed by atoms with Crippen LogP contribution < -0.4 is 5.32 Å². The van der Waals surface area contributed by atoms with Crippen LogP contribution >= 0.6 is 0 Å². The predicted molar refractivity (Wildman–Crippen MR) is 73.4 cm³/mol. The molecule has 4 heteroatoms. The molecule has 0 saturated carbocycles. The number of rotatable bonds is 4. The molecule has 1 unspecified atom stereocenters. The molecule has 0 aliphatic carbocycles. The number of phenols is 1. The third kappa shape index (κ3) is 3.96. The van der Waals surface area contributed by atoms with Crippen molar-refractivity contribution in [1.82, 2.24) is 5.32 Å². The number of nitrogens with one attached hydrogen (secondary N) is 1. The Balaban J connectivity index is 1.82. The molecule has 1 fully saturated rings. The Morgan fingerprint density at radius 3 is 3.05 bits per heavy atom. The fourth-order valence-electron chi connectivity index (χ4n) is 2.31. The van der Waals surface area contributed by atoms with Crippen molar-refractivity contribution in [2.45, 2.75) is 38.7 Å². The summed E-state index contributed by atoms with van der Waals surface area (Å²) in [6.45, 7) is 3.31. The number of carbonyl (C=O) groups excluding carboxylic acids is 1. The summed E-state index contributed by atoms with van der Waals surface area (Å²) >= 11 is 0. The summed E-state index contributed by atoms with van der Waals surface area (Å²) in [6, 6.07) is 5.03. The first-order valence-corrected chi connectivity index (χ1v) is 6.86. The molecule has 2 N–H and O–H groups in total. The monoisotopic (exact) mass is 263 g/mol. The van der Waals surface area contributed by atoms with Gasteiger partial charge in [-0.3, -0.25) is 4.79 Å². The van der Waals surface area contributed by atoms with Crippen molar-refractivity contribution in [3.63, 3.8) is 0 Å². The minimum atomic E-state index is -0.225. The van der Waals surface area contributed by atoms with Gasteiger partial charge in [0.25, 0.3) is 5.91 Å². The topological polar surface area (TPSA) is 58.6 Å². The molecule has 1 aromatic carbocycles. The first-order valence-electron chi connectivity index (χ1n) is 6.86. The molecule has 4 nitrogen and oxygen atoms in total. The second-order valence-corrected chi connectivity index (χ2v) is 5.05. The van der Waals surface area contributed by atoms with Crippen LogP contribution in [0.1, 0.15) is 41.6 Å². The molecular weight excluding hydrogens is 242 g/mol. The highest BCUT2D eigenvalue weighted by molar-refractivity contribution is 5.96. The molecule has 1 atom stereocenters. The van der Waals surface area contributed by atoms with Gasteiger partial charge in [0.15, 0.2) is 0 Å². The number of hydrogen-bond donors (Lipinski definition) is 2. The van der Waals surface area contributed by atoms with Crippen LogP contribution in [0.25, 0.3) is 0 Å². The average molecular weight is 263 g/mol. The number of benzene rings is 1. The third-order valence-electron chi connectivity index (χ3n) is 3.42. The van der Waals surface area contributed by atoms with Crippen molar-refractivity contribution in [1.29, 1.82) is 0 Å². The van der Waals surface area contributed by atoms with E-state index in [0.29, 0.717) is 12.1 Å². The summed E-state index contributed by atoms with van der Waals surface area (Å²) in [5.74, 6) is -0.200. The van der Waals surface area contributed by atoms with E-state index in [2.05, 4.69) is 5.32 Å². The second kappa shape index (κ2) is 6.57. The first-order chi connectivity index (χ1) is 9.16. The van der Waals surface area contributed by atoms with E-state index >= 15 is 0 Å². The first kappa shape index (κ1) is 13.9. The van der Waals surface area contributed by atoms with E-state index in [-0.39, 0.29) is 17.8 Å². The number of carbonyl (C=O) groups is 1. The second-order valence-electron chi connectivity index (χ2n) is 5.05. The van der Waals surface area contributed by atoms with Gasteiger partial charge in [0.05, 0.1) is 11.7 Å². The lowest BCUT2D eigenvalue weighted by molar-refractivity contribution is 0.0117. The number of phenolic OH excluding ortho intramolecular Hbond substituents is 1. The molecule has 0 spiro atoms. The fourth-order valence-corrected chi connectivity index (χ4v) is 2.31. The number of aryl methyl sites for hydroxylation is 1. The highest BCUT2D eigenvalue weighted by atomic mass is 16.5. The molecule has 2 rings (SSSR count). The Bertz CT molecular complexity index is 439. The van der Waals surface area contributed by atoms with Gasteiger partial charge in [-0.05, 0) is 44.7 Å². The summed E-state index contributed by atoms with van der Waals surface area (Å²) < 4.78 is 5.61. The van der Waals surface area contributed by atoms with Gasteiger partial charge in [0.2, 0.25) is 0 Å². The van der Waals surface area contributed by atoms with Crippen LogP contribution in [0.5, 0.6) is 5.75 Å². The minimum absolute atomic E-state index is 0.0250. The minimum Gasteiger partial charge on any atom is -0.507 e. The molecule has 1 aromatic rings. The van der Waals surface area contributed by atoms with Gasteiger partial charge >= 0.3 is 0 Å². The van der Waals surface area contributed by atoms with E-state index in [1.54, 1.807) is 18.2 Å². The van der Waals surface area contributed by atoms with Crippen molar-refractivity contribution in [3.8, 4) is 5.75 Å². The van der Waals surface area contributed by atoms with E-state index in [1.807, 2.05) is 6.92 Å². The maximum absolute atomic E-state index is 11.9. The van der Waals surface area contributed by atoms with Crippen molar-refractivity contribution in [3.05, 3.63) is 29.3 Å². The zero-order valence-corrected chi connectivity index (χ0v) is 11.3. The summed E-state index contributed by atoms with van der Waals surface area (Å²) in [6.07, 6.45) is 4.52. The van der Waals surface area contributed by atoms with Gasteiger partial charge in [-0.2, -0.15) is 0 Å². The molecule has 19 heavy (non-hydrogen) atoms. The molecule has 1 saturated heterocycles. The molecule has 1 amide bonds. The summed E-state index contributed by atoms with van der Waals surface area (Å²) in [4.78, 5) is 11.9. The Morgan fingerprint density at radius 2 is 2.32 bits per heavy atom. The van der Waals surface area contributed by atoms with Crippen LogP contribution in [0.4, 0.5) is 0 Å². The van der Waals surface area contributed by atoms with Crippen LogP contribution in [0.2, 0.25) is 0 Å². The maximum atomic E-state index is 11.9. The molecule has 0 bridgehead atoms. The van der Waals surface area contributed by atoms with Crippen LogP contribution in [-0.2, 0) is 4.74 Å². The molecule has 1 heterocycles. The highest BCUT2D eigenvalue weighted by Gasteiger charge is 2.15. The normalized spacial score (nSPS) is 19.1. The van der Waals surface area contributed by atoms with Gasteiger partial charge in [-0.25, -0.2) is 0 Å². The standard InChI is InChI=1S/C15H21NO3/c1-11-5-6-14(17)13(10-11)15(18)16-8-7-12-4-2-3-9-19-12/h5-6,10,12,17H,2-4,7-9H2,1H3,(H,16,18). The largest absolute Gasteiger partial charge is 0.507 e. The fraction of sp³-hybridized carbons (Fsp3) is 0.533. The van der Waals surface area contributed by atoms with Crippen molar-refractivity contribution in [2.75, 3.05) is 13.2 Å². The number of amides is 1. The van der Waals surface area contributed by atoms with Crippen LogP contribution in [0.3, 0.4) is 0 Å². The Morgan fingerprint density at radius 1 is 1.47 bits per heavy atom. The van der Waals surface area contributed by atoms with Crippen molar-refractivity contribution < 1.29 is 14.6 Å². The quantitative estimate of drug-likeness (QED) is 0.877. The number of aromatic hydroxyl groups is 1. The third-order valence-corrected chi connectivity index (χ3v) is 3.42. The smallest absolute Gasteiger partial charge is 0.255 e. The zero-order chi connectivity index (χ0) is 13.7. The van der Waals surface area contributed by atoms with E-state index in [9.17, 15) is 9.90 Å². The number of hydrogen-bond acceptors (Lipinski definition) is 3. The van der Waals surface area contributed by atoms with Gasteiger partial charge < -0.3 is 15.2 Å². The van der Waals surface area contributed by atoms with Crippen molar-refractivity contribution in [2.24, 2.45) is 0 Å². The van der Waals surface area contributed by atoms with Gasteiger partial charge in [0, 0.05) is 13.2 Å². The summed E-state index contributed by atoms with van der Waals surface area (Å²) in [5, 5.41) is 12.5. The SMILES string of the molecule is Cc1ccc(O)c(C(=O)NCCC2CCCCO2)c1. The maximum Gasteiger partial charge on any atom is 0.255 e. The molecule has 104 valence electrons. The summed E-state index contributed by atoms with van der Waals surface area (Å²) in [5.41, 5.74) is 1.29. The lowest BCUT2D eigenvalue weighted by atomic mass is 10.1. The Labute approximate surface area is 113 Å². The van der Waals surface area contributed by atoms with Crippen LogP contribution in [-0.4, -0.2) is 30.3 Å². The predicted octanol–water partition coefficient (Wildman–Crippen LogP) is 2.39. The molecule has 0 radical (unpaired) electrons. The molecule has 1 aliphatic heterocycles. The van der Waals surface area contributed by atoms with E-state index < -0.39 is 0 Å². The van der Waals surface area contributed by atoms with Crippen LogP contribution in [0.15, 0.2) is 18.2 Å². The lowest BCUT2D eigenvalue weighted by Crippen LogP contribution is -2.29. The molecule has 1 aliphatic rings. The molecular formula is C15H21NO3. The zero-order valence-electron chi connectivity index (χ0n) is 11.3. The van der Waals surface area contributed by atoms with E-state index in [4.69, 9.17) is 4.74 Å². The van der Waals surface area contributed by atoms with Crippen LogP contribution in [0, 0.1) is 6.92 Å².